The molecule has 0 saturated carbocycles. The first-order chi connectivity index (χ1) is 19.6. The van der Waals surface area contributed by atoms with Crippen LogP contribution < -0.4 is 26.6 Å². The molecule has 1 unspecified atom stereocenters. The summed E-state index contributed by atoms with van der Waals surface area (Å²) in [5.74, 6) is -3.26. The lowest BCUT2D eigenvalue weighted by atomic mass is 10.2. The van der Waals surface area contributed by atoms with Gasteiger partial charge < -0.3 is 30.7 Å². The van der Waals surface area contributed by atoms with Crippen molar-refractivity contribution in [1.29, 1.82) is 5.41 Å². The van der Waals surface area contributed by atoms with Gasteiger partial charge in [-0.25, -0.2) is 9.59 Å². The smallest absolute Gasteiger partial charge is 0.414 e. The third-order valence-corrected chi connectivity index (χ3v) is 6.01. The van der Waals surface area contributed by atoms with E-state index >= 15 is 0 Å². The molecule has 0 aliphatic heterocycles. The van der Waals surface area contributed by atoms with Crippen LogP contribution in [-0.4, -0.2) is 67.6 Å². The zero-order valence-corrected chi connectivity index (χ0v) is 26.0. The Morgan fingerprint density at radius 2 is 1.64 bits per heavy atom. The number of halogens is 3. The summed E-state index contributed by atoms with van der Waals surface area (Å²) in [7, 11) is 1.11. The Hall–Kier alpha value is -3.88. The fourth-order valence-corrected chi connectivity index (χ4v) is 4.57. The molecule has 0 bridgehead atoms. The molecule has 42 heavy (non-hydrogen) atoms. The number of carbonyl (C=O) groups is 5. The second kappa shape index (κ2) is 15.4. The fourth-order valence-electron chi connectivity index (χ4n) is 3.19. The van der Waals surface area contributed by atoms with E-state index in [1.807, 2.05) is 0 Å². The normalized spacial score (nSPS) is 11.4. The number of anilines is 1. The van der Waals surface area contributed by atoms with Crippen molar-refractivity contribution in [3.05, 3.63) is 62.0 Å². The van der Waals surface area contributed by atoms with Gasteiger partial charge in [-0.15, -0.1) is 0 Å². The standard InChI is InChI=1S/C26H29BrCl2N6O7/c1-26(2,3)42-25(40)35-24(30)33-15-7-5-6-13(8-15)21(37)32-12-19(36)31-11-18(23(39)41-4)34-22(38)20-16(28)9-14(27)10-17(20)29/h5-10,18H,11-12H2,1-4H3,(H,31,36)(H,32,37)(H,34,38)(H3,30,33,35,40). The molecule has 0 aliphatic rings. The van der Waals surface area contributed by atoms with Crippen LogP contribution in [0.15, 0.2) is 40.9 Å². The number of amides is 4. The van der Waals surface area contributed by atoms with Gasteiger partial charge in [0, 0.05) is 22.3 Å². The largest absolute Gasteiger partial charge is 0.467 e. The van der Waals surface area contributed by atoms with Gasteiger partial charge in [-0.3, -0.25) is 25.1 Å². The number of guanidine groups is 1. The summed E-state index contributed by atoms with van der Waals surface area (Å²) in [6.45, 7) is 4.22. The van der Waals surface area contributed by atoms with Gasteiger partial charge in [-0.2, -0.15) is 0 Å². The number of rotatable bonds is 9. The average Bonchev–Trinajstić information content (AvgIpc) is 2.87. The molecule has 0 saturated heterocycles. The summed E-state index contributed by atoms with van der Waals surface area (Å²) in [5, 5.41) is 20.1. The number of alkyl carbamates (subject to hydrolysis) is 1. The number of methoxy groups -OCH3 is 1. The predicted molar refractivity (Wildman–Crippen MR) is 160 cm³/mol. The van der Waals surface area contributed by atoms with Crippen LogP contribution in [0, 0.1) is 5.41 Å². The number of hydrogen-bond donors (Lipinski definition) is 6. The van der Waals surface area contributed by atoms with Crippen LogP contribution >= 0.6 is 39.1 Å². The minimum absolute atomic E-state index is 0.0395. The van der Waals surface area contributed by atoms with E-state index < -0.39 is 48.0 Å². The lowest BCUT2D eigenvalue weighted by Crippen LogP contribution is -2.50. The number of ether oxygens (including phenoxy) is 2. The van der Waals surface area contributed by atoms with Gasteiger partial charge >= 0.3 is 12.1 Å². The topological polar surface area (TPSA) is 188 Å². The molecule has 0 aromatic heterocycles. The summed E-state index contributed by atoms with van der Waals surface area (Å²) in [6.07, 6.45) is -0.824. The summed E-state index contributed by atoms with van der Waals surface area (Å²) >= 11 is 15.4. The number of benzene rings is 2. The molecule has 226 valence electrons. The van der Waals surface area contributed by atoms with Gasteiger partial charge in [0.05, 0.1) is 29.3 Å². The highest BCUT2D eigenvalue weighted by Crippen LogP contribution is 2.29. The Bertz CT molecular complexity index is 1360. The Morgan fingerprint density at radius 3 is 2.24 bits per heavy atom. The first-order valence-corrected chi connectivity index (χ1v) is 13.7. The molecule has 13 nitrogen and oxygen atoms in total. The van der Waals surface area contributed by atoms with Gasteiger partial charge in [0.15, 0.2) is 0 Å². The SMILES string of the molecule is COC(=O)C(CNC(=O)CNC(=O)c1cccc(NC(=N)NC(=O)OC(C)(C)C)c1)NC(=O)c1c(Cl)cc(Br)cc1Cl. The number of hydrogen-bond acceptors (Lipinski definition) is 8. The van der Waals surface area contributed by atoms with E-state index in [4.69, 9.17) is 38.1 Å². The molecule has 0 fully saturated rings. The number of esters is 1. The Morgan fingerprint density at radius 1 is 1.00 bits per heavy atom. The first-order valence-electron chi connectivity index (χ1n) is 12.1. The van der Waals surface area contributed by atoms with Crippen LogP contribution in [0.1, 0.15) is 41.5 Å². The highest BCUT2D eigenvalue weighted by molar-refractivity contribution is 9.10. The zero-order valence-electron chi connectivity index (χ0n) is 22.9. The van der Waals surface area contributed by atoms with Crippen LogP contribution in [0.4, 0.5) is 10.5 Å². The van der Waals surface area contributed by atoms with Crippen molar-refractivity contribution < 1.29 is 33.4 Å². The van der Waals surface area contributed by atoms with Crippen molar-refractivity contribution >= 4 is 80.6 Å². The first kappa shape index (κ1) is 34.3. The van der Waals surface area contributed by atoms with E-state index in [-0.39, 0.29) is 33.7 Å². The third-order valence-electron chi connectivity index (χ3n) is 4.96. The van der Waals surface area contributed by atoms with Crippen molar-refractivity contribution in [2.75, 3.05) is 25.5 Å². The predicted octanol–water partition coefficient (Wildman–Crippen LogP) is 3.44. The fraction of sp³-hybridized carbons (Fsp3) is 0.308. The van der Waals surface area contributed by atoms with Crippen LogP contribution in [0.5, 0.6) is 0 Å². The lowest BCUT2D eigenvalue weighted by molar-refractivity contribution is -0.142. The summed E-state index contributed by atoms with van der Waals surface area (Å²) < 4.78 is 10.3. The Kier molecular flexibility index (Phi) is 12.6. The monoisotopic (exact) mass is 686 g/mol. The van der Waals surface area contributed by atoms with Crippen molar-refractivity contribution in [2.45, 2.75) is 32.4 Å². The molecule has 0 spiro atoms. The van der Waals surface area contributed by atoms with Crippen molar-refractivity contribution in [3.8, 4) is 0 Å². The van der Waals surface area contributed by atoms with Crippen molar-refractivity contribution in [2.24, 2.45) is 0 Å². The van der Waals surface area contributed by atoms with Crippen LogP contribution in [0.3, 0.4) is 0 Å². The van der Waals surface area contributed by atoms with Crippen molar-refractivity contribution in [3.63, 3.8) is 0 Å². The lowest BCUT2D eigenvalue weighted by Gasteiger charge is -2.20. The molecule has 2 rings (SSSR count). The summed E-state index contributed by atoms with van der Waals surface area (Å²) in [5.41, 5.74) is -0.344. The molecule has 0 radical (unpaired) electrons. The van der Waals surface area contributed by atoms with E-state index in [9.17, 15) is 24.0 Å². The van der Waals surface area contributed by atoms with Crippen LogP contribution in [0.2, 0.25) is 10.0 Å². The van der Waals surface area contributed by atoms with Crippen LogP contribution in [0.25, 0.3) is 0 Å². The maximum atomic E-state index is 12.7. The van der Waals surface area contributed by atoms with Gasteiger partial charge in [0.1, 0.15) is 11.6 Å². The summed E-state index contributed by atoms with van der Waals surface area (Å²) in [4.78, 5) is 61.7. The van der Waals surface area contributed by atoms with E-state index in [2.05, 4.69) is 42.5 Å². The van der Waals surface area contributed by atoms with Gasteiger partial charge in [0.25, 0.3) is 11.8 Å². The van der Waals surface area contributed by atoms with Gasteiger partial charge in [0.2, 0.25) is 11.9 Å². The molecule has 16 heteroatoms. The molecular weight excluding hydrogens is 659 g/mol. The van der Waals surface area contributed by atoms with Crippen LogP contribution in [-0.2, 0) is 19.1 Å². The zero-order chi connectivity index (χ0) is 31.6. The minimum atomic E-state index is -1.29. The van der Waals surface area contributed by atoms with Gasteiger partial charge in [-0.1, -0.05) is 45.2 Å². The highest BCUT2D eigenvalue weighted by Gasteiger charge is 2.25. The minimum Gasteiger partial charge on any atom is -0.467 e. The van der Waals surface area contributed by atoms with E-state index in [0.717, 1.165) is 7.11 Å². The molecule has 2 aromatic rings. The molecular formula is C26H29BrCl2N6O7. The highest BCUT2D eigenvalue weighted by atomic mass is 79.9. The number of carbonyl (C=O) groups excluding carboxylic acids is 5. The summed E-state index contributed by atoms with van der Waals surface area (Å²) in [6, 6.07) is 7.60. The maximum Gasteiger partial charge on any atom is 0.414 e. The molecule has 0 aliphatic carbocycles. The molecule has 0 heterocycles. The third kappa shape index (κ3) is 11.2. The second-order valence-electron chi connectivity index (χ2n) is 9.49. The maximum absolute atomic E-state index is 12.7. The van der Waals surface area contributed by atoms with Gasteiger partial charge in [-0.05, 0) is 51.1 Å². The van der Waals surface area contributed by atoms with E-state index in [1.165, 1.54) is 30.3 Å². The molecule has 1 atom stereocenters. The number of nitrogens with one attached hydrogen (secondary N) is 6. The van der Waals surface area contributed by atoms with Crippen molar-refractivity contribution in [1.82, 2.24) is 21.3 Å². The molecule has 6 N–H and O–H groups in total. The Labute approximate surface area is 260 Å². The molecule has 4 amide bonds. The van der Waals surface area contributed by atoms with E-state index in [0.29, 0.717) is 10.2 Å². The second-order valence-corrected chi connectivity index (χ2v) is 11.2. The molecule has 2 aromatic carbocycles. The quantitative estimate of drug-likeness (QED) is 0.131. The van der Waals surface area contributed by atoms with E-state index in [1.54, 1.807) is 26.8 Å². The Balaban J connectivity index is 1.92. The average molecular weight is 688 g/mol.